The molecule has 0 atom stereocenters. The molecule has 1 aliphatic rings. The van der Waals surface area contributed by atoms with Crippen molar-refractivity contribution in [1.29, 1.82) is 0 Å². The second kappa shape index (κ2) is 8.20. The smallest absolute Gasteiger partial charge is 0.252 e. The van der Waals surface area contributed by atoms with Gasteiger partial charge in [-0.05, 0) is 54.3 Å². The first-order valence-corrected chi connectivity index (χ1v) is 8.24. The molecule has 0 fully saturated rings. The van der Waals surface area contributed by atoms with Gasteiger partial charge in [0, 0.05) is 23.8 Å². The Bertz CT molecular complexity index is 634. The molecule has 5 heteroatoms. The van der Waals surface area contributed by atoms with Crippen LogP contribution in [0.15, 0.2) is 47.6 Å². The molecular formula is C17H19ClN2OS. The van der Waals surface area contributed by atoms with Crippen LogP contribution < -0.4 is 5.32 Å². The van der Waals surface area contributed by atoms with Crippen LogP contribution >= 0.6 is 24.2 Å². The molecule has 0 spiro atoms. The molecule has 3 nitrogen and oxygen atoms in total. The fraction of sp³-hybridized carbons (Fsp3) is 0.294. The Kier molecular flexibility index (Phi) is 6.28. The number of aryl methyl sites for hydroxylation is 1. The van der Waals surface area contributed by atoms with Gasteiger partial charge in [-0.1, -0.05) is 12.1 Å². The van der Waals surface area contributed by atoms with Crippen molar-refractivity contribution in [1.82, 2.24) is 10.3 Å². The van der Waals surface area contributed by atoms with Gasteiger partial charge < -0.3 is 5.32 Å². The molecule has 0 bridgehead atoms. The second-order valence-corrected chi connectivity index (χ2v) is 6.28. The van der Waals surface area contributed by atoms with Crippen LogP contribution in [-0.2, 0) is 12.8 Å². The first kappa shape index (κ1) is 16.8. The van der Waals surface area contributed by atoms with Crippen molar-refractivity contribution in [2.75, 3.05) is 12.3 Å². The maximum Gasteiger partial charge on any atom is 0.252 e. The average molecular weight is 335 g/mol. The number of carbonyl (C=O) groups excluding carboxylic acids is 1. The maximum absolute atomic E-state index is 11.9. The highest BCUT2D eigenvalue weighted by molar-refractivity contribution is 7.99. The van der Waals surface area contributed by atoms with Crippen molar-refractivity contribution in [2.24, 2.45) is 0 Å². The molecule has 1 N–H and O–H groups in total. The lowest BCUT2D eigenvalue weighted by Gasteiger charge is -2.16. The predicted octanol–water partition coefficient (Wildman–Crippen LogP) is 3.51. The minimum atomic E-state index is -0.0587. The lowest BCUT2D eigenvalue weighted by molar-refractivity contribution is 0.0954. The third-order valence-corrected chi connectivity index (χ3v) is 4.80. The van der Waals surface area contributed by atoms with Crippen LogP contribution in [0.2, 0.25) is 0 Å². The largest absolute Gasteiger partial charge is 0.352 e. The molecule has 0 aliphatic carbocycles. The number of halogens is 1. The summed E-state index contributed by atoms with van der Waals surface area (Å²) in [4.78, 5) is 17.3. The number of carbonyl (C=O) groups is 1. The van der Waals surface area contributed by atoms with E-state index < -0.39 is 0 Å². The van der Waals surface area contributed by atoms with Gasteiger partial charge in [0.2, 0.25) is 0 Å². The molecule has 0 unspecified atom stereocenters. The number of hydrogen-bond acceptors (Lipinski definition) is 3. The van der Waals surface area contributed by atoms with Gasteiger partial charge in [0.15, 0.2) is 0 Å². The number of nitrogens with one attached hydrogen (secondary N) is 1. The first-order valence-electron chi connectivity index (χ1n) is 7.26. The quantitative estimate of drug-likeness (QED) is 0.930. The van der Waals surface area contributed by atoms with E-state index in [-0.39, 0.29) is 18.3 Å². The summed E-state index contributed by atoms with van der Waals surface area (Å²) >= 11 is 1.95. The van der Waals surface area contributed by atoms with E-state index in [0.717, 1.165) is 6.42 Å². The van der Waals surface area contributed by atoms with Gasteiger partial charge in [-0.15, -0.1) is 24.2 Å². The minimum absolute atomic E-state index is 0. The molecular weight excluding hydrogens is 316 g/mol. The Balaban J connectivity index is 0.00000176. The zero-order chi connectivity index (χ0) is 14.5. The number of nitrogens with zero attached hydrogens (tertiary/aromatic N) is 1. The third kappa shape index (κ3) is 4.24. The van der Waals surface area contributed by atoms with E-state index >= 15 is 0 Å². The Morgan fingerprint density at radius 2 is 2.23 bits per heavy atom. The Morgan fingerprint density at radius 3 is 3.05 bits per heavy atom. The van der Waals surface area contributed by atoms with Crippen LogP contribution in [0.5, 0.6) is 0 Å². The molecule has 1 aliphatic heterocycles. The SMILES string of the molecule is Cl.O=C(NCCc1ccc2c(c1)CCCS2)c1cccnc1. The van der Waals surface area contributed by atoms with E-state index in [4.69, 9.17) is 0 Å². The topological polar surface area (TPSA) is 42.0 Å². The van der Waals surface area contributed by atoms with E-state index in [0.29, 0.717) is 12.1 Å². The number of pyridine rings is 1. The third-order valence-electron chi connectivity index (χ3n) is 3.60. The number of thioether (sulfide) groups is 1. The Labute approximate surface area is 141 Å². The lowest BCUT2D eigenvalue weighted by Crippen LogP contribution is -2.25. The number of benzene rings is 1. The first-order chi connectivity index (χ1) is 10.3. The van der Waals surface area contributed by atoms with Crippen LogP contribution in [0.4, 0.5) is 0 Å². The molecule has 2 heterocycles. The lowest BCUT2D eigenvalue weighted by atomic mass is 10.0. The molecule has 1 aromatic heterocycles. The summed E-state index contributed by atoms with van der Waals surface area (Å²) in [5.74, 6) is 1.17. The fourth-order valence-electron chi connectivity index (χ4n) is 2.49. The predicted molar refractivity (Wildman–Crippen MR) is 93.0 cm³/mol. The normalized spacial score (nSPS) is 12.9. The fourth-order valence-corrected chi connectivity index (χ4v) is 3.51. The molecule has 0 saturated carbocycles. The summed E-state index contributed by atoms with van der Waals surface area (Å²) in [6, 6.07) is 10.2. The summed E-state index contributed by atoms with van der Waals surface area (Å²) < 4.78 is 0. The number of rotatable bonds is 4. The highest BCUT2D eigenvalue weighted by Crippen LogP contribution is 2.30. The van der Waals surface area contributed by atoms with Gasteiger partial charge in [0.05, 0.1) is 5.56 Å². The molecule has 116 valence electrons. The van der Waals surface area contributed by atoms with Gasteiger partial charge in [-0.3, -0.25) is 9.78 Å². The van der Waals surface area contributed by atoms with Crippen molar-refractivity contribution in [3.8, 4) is 0 Å². The van der Waals surface area contributed by atoms with Crippen molar-refractivity contribution < 1.29 is 4.79 Å². The van der Waals surface area contributed by atoms with E-state index in [1.807, 2.05) is 11.8 Å². The van der Waals surface area contributed by atoms with Gasteiger partial charge in [-0.25, -0.2) is 0 Å². The van der Waals surface area contributed by atoms with Crippen LogP contribution in [0.25, 0.3) is 0 Å². The van der Waals surface area contributed by atoms with Crippen LogP contribution in [-0.4, -0.2) is 23.2 Å². The minimum Gasteiger partial charge on any atom is -0.352 e. The van der Waals surface area contributed by atoms with Crippen molar-refractivity contribution in [2.45, 2.75) is 24.2 Å². The van der Waals surface area contributed by atoms with E-state index in [9.17, 15) is 4.79 Å². The number of fused-ring (bicyclic) bond motifs is 1. The summed E-state index contributed by atoms with van der Waals surface area (Å²) in [6.07, 6.45) is 6.56. The summed E-state index contributed by atoms with van der Waals surface area (Å²) in [6.45, 7) is 0.652. The standard InChI is InChI=1S/C17H18N2OS.ClH/c20-17(15-3-1-8-18-12-15)19-9-7-13-5-6-16-14(11-13)4-2-10-21-16;/h1,3,5-6,8,11-12H,2,4,7,9-10H2,(H,19,20);1H. The number of aromatic nitrogens is 1. The highest BCUT2D eigenvalue weighted by Gasteiger charge is 2.10. The molecule has 3 rings (SSSR count). The molecule has 22 heavy (non-hydrogen) atoms. The van der Waals surface area contributed by atoms with Crippen molar-refractivity contribution in [3.05, 3.63) is 59.4 Å². The Hall–Kier alpha value is -1.52. The molecule has 0 radical (unpaired) electrons. The van der Waals surface area contributed by atoms with E-state index in [1.165, 1.54) is 34.6 Å². The van der Waals surface area contributed by atoms with Gasteiger partial charge in [-0.2, -0.15) is 0 Å². The Morgan fingerprint density at radius 1 is 1.32 bits per heavy atom. The summed E-state index contributed by atoms with van der Waals surface area (Å²) in [7, 11) is 0. The van der Waals surface area contributed by atoms with Gasteiger partial charge >= 0.3 is 0 Å². The van der Waals surface area contributed by atoms with E-state index in [2.05, 4.69) is 28.5 Å². The molecule has 0 saturated heterocycles. The molecule has 2 aromatic rings. The maximum atomic E-state index is 11.9. The zero-order valence-corrected chi connectivity index (χ0v) is 13.9. The van der Waals surface area contributed by atoms with Crippen molar-refractivity contribution >= 4 is 30.1 Å². The summed E-state index contributed by atoms with van der Waals surface area (Å²) in [5.41, 5.74) is 3.37. The number of amides is 1. The van der Waals surface area contributed by atoms with Gasteiger partial charge in [0.1, 0.15) is 0 Å². The van der Waals surface area contributed by atoms with Gasteiger partial charge in [0.25, 0.3) is 5.91 Å². The summed E-state index contributed by atoms with van der Waals surface area (Å²) in [5, 5.41) is 2.94. The van der Waals surface area contributed by atoms with Crippen LogP contribution in [0.1, 0.15) is 27.9 Å². The van der Waals surface area contributed by atoms with E-state index in [1.54, 1.807) is 24.5 Å². The zero-order valence-electron chi connectivity index (χ0n) is 12.2. The molecule has 1 amide bonds. The van der Waals surface area contributed by atoms with Crippen LogP contribution in [0, 0.1) is 0 Å². The second-order valence-electron chi connectivity index (χ2n) is 5.14. The average Bonchev–Trinajstić information content (AvgIpc) is 2.55. The van der Waals surface area contributed by atoms with Crippen molar-refractivity contribution in [3.63, 3.8) is 0 Å². The monoisotopic (exact) mass is 334 g/mol. The highest BCUT2D eigenvalue weighted by atomic mass is 35.5. The van der Waals surface area contributed by atoms with Crippen LogP contribution in [0.3, 0.4) is 0 Å². The number of hydrogen-bond donors (Lipinski definition) is 1. The molecule has 1 aromatic carbocycles.